The van der Waals surface area contributed by atoms with E-state index >= 15 is 0 Å². The largest absolute Gasteiger partial charge is 0.383 e. The molecule has 9 nitrogen and oxygen atoms in total. The molecule has 162 valence electrons. The third-order valence-corrected chi connectivity index (χ3v) is 5.48. The van der Waals surface area contributed by atoms with Crippen LogP contribution in [0.3, 0.4) is 0 Å². The summed E-state index contributed by atoms with van der Waals surface area (Å²) in [6, 6.07) is -0.0696. The highest BCUT2D eigenvalue weighted by Gasteiger charge is 2.36. The van der Waals surface area contributed by atoms with Crippen LogP contribution in [0.2, 0.25) is 0 Å². The van der Waals surface area contributed by atoms with Gasteiger partial charge in [0.15, 0.2) is 5.65 Å². The second kappa shape index (κ2) is 8.83. The van der Waals surface area contributed by atoms with Gasteiger partial charge in [0.2, 0.25) is 5.91 Å². The summed E-state index contributed by atoms with van der Waals surface area (Å²) in [7, 11) is 1.61. The number of aromatic nitrogens is 3. The van der Waals surface area contributed by atoms with Gasteiger partial charge in [0.25, 0.3) is 5.91 Å². The lowest BCUT2D eigenvalue weighted by atomic mass is 9.98. The number of anilines is 1. The Bertz CT molecular complexity index is 938. The Labute approximate surface area is 176 Å². The predicted octanol–water partition coefficient (Wildman–Crippen LogP) is 1.73. The van der Waals surface area contributed by atoms with Crippen LogP contribution in [0.4, 0.5) is 5.82 Å². The number of rotatable bonds is 7. The second-order valence-corrected chi connectivity index (χ2v) is 8.09. The fraction of sp³-hybridized carbons (Fsp3) is 0.524. The van der Waals surface area contributed by atoms with Gasteiger partial charge >= 0.3 is 0 Å². The van der Waals surface area contributed by atoms with E-state index in [-0.39, 0.29) is 23.4 Å². The van der Waals surface area contributed by atoms with Crippen molar-refractivity contribution in [2.24, 2.45) is 0 Å². The molecule has 0 radical (unpaired) electrons. The first-order chi connectivity index (χ1) is 14.3. The Kier molecular flexibility index (Phi) is 6.40. The van der Waals surface area contributed by atoms with Crippen LogP contribution in [0.15, 0.2) is 25.0 Å². The van der Waals surface area contributed by atoms with Gasteiger partial charge in [0.1, 0.15) is 11.3 Å². The average molecular weight is 415 g/mol. The van der Waals surface area contributed by atoms with E-state index in [1.165, 1.54) is 6.08 Å². The molecule has 0 spiro atoms. The fourth-order valence-electron chi connectivity index (χ4n) is 3.80. The molecule has 1 atom stereocenters. The molecule has 9 heteroatoms. The van der Waals surface area contributed by atoms with Gasteiger partial charge in [-0.25, -0.2) is 9.97 Å². The quantitative estimate of drug-likeness (QED) is 0.669. The minimum atomic E-state index is -0.382. The molecular formula is C21H30N6O3. The molecule has 0 aliphatic carbocycles. The van der Waals surface area contributed by atoms with Crippen LogP contribution in [0.25, 0.3) is 11.2 Å². The van der Waals surface area contributed by atoms with E-state index < -0.39 is 0 Å². The third-order valence-electron chi connectivity index (χ3n) is 5.48. The molecule has 0 bridgehead atoms. The Morgan fingerprint density at radius 3 is 2.83 bits per heavy atom. The highest BCUT2D eigenvalue weighted by molar-refractivity contribution is 6.04. The molecular weight excluding hydrogens is 384 g/mol. The van der Waals surface area contributed by atoms with Crippen LogP contribution in [-0.4, -0.2) is 76.6 Å². The number of hydrogen-bond acceptors (Lipinski definition) is 6. The zero-order valence-electron chi connectivity index (χ0n) is 18.1. The molecule has 0 saturated carbocycles. The fourth-order valence-corrected chi connectivity index (χ4v) is 3.80. The first kappa shape index (κ1) is 21.8. The van der Waals surface area contributed by atoms with Gasteiger partial charge in [-0.2, -0.15) is 0 Å². The number of aromatic amines is 1. The molecule has 1 aliphatic heterocycles. The van der Waals surface area contributed by atoms with Crippen molar-refractivity contribution in [1.29, 1.82) is 0 Å². The summed E-state index contributed by atoms with van der Waals surface area (Å²) in [5, 5.41) is 2.98. The number of amides is 2. The summed E-state index contributed by atoms with van der Waals surface area (Å²) in [5.74, 6) is 0.393. The minimum absolute atomic E-state index is 0.0696. The van der Waals surface area contributed by atoms with Crippen molar-refractivity contribution >= 4 is 28.8 Å². The number of carbonyl (C=O) groups excluding carboxylic acids is 2. The van der Waals surface area contributed by atoms with Gasteiger partial charge in [0.05, 0.1) is 29.9 Å². The van der Waals surface area contributed by atoms with Crippen molar-refractivity contribution in [3.05, 3.63) is 30.6 Å². The average Bonchev–Trinajstić information content (AvgIpc) is 3.15. The smallest absolute Gasteiger partial charge is 0.255 e. The minimum Gasteiger partial charge on any atom is -0.383 e. The van der Waals surface area contributed by atoms with Crippen LogP contribution in [0.1, 0.15) is 37.6 Å². The topological polar surface area (TPSA) is 103 Å². The summed E-state index contributed by atoms with van der Waals surface area (Å²) in [5.41, 5.74) is 1.16. The maximum Gasteiger partial charge on any atom is 0.255 e. The van der Waals surface area contributed by atoms with E-state index in [0.29, 0.717) is 48.8 Å². The van der Waals surface area contributed by atoms with Gasteiger partial charge in [-0.3, -0.25) is 9.59 Å². The van der Waals surface area contributed by atoms with Crippen LogP contribution in [0, 0.1) is 0 Å². The Morgan fingerprint density at radius 2 is 2.20 bits per heavy atom. The van der Waals surface area contributed by atoms with Crippen LogP contribution in [-0.2, 0) is 9.53 Å². The van der Waals surface area contributed by atoms with E-state index in [1.54, 1.807) is 19.5 Å². The summed E-state index contributed by atoms with van der Waals surface area (Å²) < 4.78 is 5.16. The molecule has 1 saturated heterocycles. The van der Waals surface area contributed by atoms with Gasteiger partial charge in [0, 0.05) is 32.9 Å². The van der Waals surface area contributed by atoms with Crippen LogP contribution in [0.5, 0.6) is 0 Å². The lowest BCUT2D eigenvalue weighted by Gasteiger charge is -2.47. The van der Waals surface area contributed by atoms with E-state index in [0.717, 1.165) is 6.42 Å². The number of methoxy groups -OCH3 is 1. The van der Waals surface area contributed by atoms with E-state index in [1.807, 2.05) is 25.7 Å². The van der Waals surface area contributed by atoms with Crippen molar-refractivity contribution in [2.75, 3.05) is 38.3 Å². The van der Waals surface area contributed by atoms with Gasteiger partial charge < -0.3 is 24.8 Å². The van der Waals surface area contributed by atoms with Crippen molar-refractivity contribution < 1.29 is 14.3 Å². The van der Waals surface area contributed by atoms with Crippen LogP contribution < -0.4 is 10.2 Å². The first-order valence-electron chi connectivity index (χ1n) is 10.1. The molecule has 2 amide bonds. The van der Waals surface area contributed by atoms with Gasteiger partial charge in [-0.05, 0) is 26.3 Å². The second-order valence-electron chi connectivity index (χ2n) is 8.09. The molecule has 2 aromatic heterocycles. The Hall–Kier alpha value is -2.94. The number of H-pyrrole nitrogens is 1. The number of ether oxygens (including phenoxy) is 1. The summed E-state index contributed by atoms with van der Waals surface area (Å²) in [6.45, 7) is 11.9. The maximum atomic E-state index is 12.8. The SMILES string of the molecule is C=CC(=O)N1CCN(c2cnc3[nH]cc(C(=O)N[C@@H](CC)COC)c3n2)CC1(C)C. The maximum absolute atomic E-state index is 12.8. The predicted molar refractivity (Wildman–Crippen MR) is 116 cm³/mol. The van der Waals surface area contributed by atoms with E-state index in [4.69, 9.17) is 9.72 Å². The summed E-state index contributed by atoms with van der Waals surface area (Å²) >= 11 is 0. The number of nitrogens with one attached hydrogen (secondary N) is 2. The molecule has 30 heavy (non-hydrogen) atoms. The highest BCUT2D eigenvalue weighted by Crippen LogP contribution is 2.26. The monoisotopic (exact) mass is 414 g/mol. The third kappa shape index (κ3) is 4.30. The lowest BCUT2D eigenvalue weighted by molar-refractivity contribution is -0.131. The number of fused-ring (bicyclic) bond motifs is 1. The Balaban J connectivity index is 1.84. The zero-order valence-corrected chi connectivity index (χ0v) is 18.1. The zero-order chi connectivity index (χ0) is 21.9. The first-order valence-corrected chi connectivity index (χ1v) is 10.1. The van der Waals surface area contributed by atoms with E-state index in [9.17, 15) is 9.59 Å². The molecule has 3 heterocycles. The molecule has 0 aromatic carbocycles. The molecule has 1 fully saturated rings. The highest BCUT2D eigenvalue weighted by atomic mass is 16.5. The summed E-state index contributed by atoms with van der Waals surface area (Å²) in [6.07, 6.45) is 5.44. The van der Waals surface area contributed by atoms with Crippen molar-refractivity contribution in [2.45, 2.75) is 38.8 Å². The molecule has 2 N–H and O–H groups in total. The van der Waals surface area contributed by atoms with Crippen LogP contribution >= 0.6 is 0 Å². The van der Waals surface area contributed by atoms with Gasteiger partial charge in [-0.1, -0.05) is 13.5 Å². The van der Waals surface area contributed by atoms with Crippen molar-refractivity contribution in [3.8, 4) is 0 Å². The normalized spacial score (nSPS) is 17.1. The molecule has 0 unspecified atom stereocenters. The summed E-state index contributed by atoms with van der Waals surface area (Å²) in [4.78, 5) is 41.0. The van der Waals surface area contributed by atoms with Crippen molar-refractivity contribution in [3.63, 3.8) is 0 Å². The lowest BCUT2D eigenvalue weighted by Crippen LogP contribution is -2.61. The number of hydrogen-bond donors (Lipinski definition) is 2. The molecule has 2 aromatic rings. The van der Waals surface area contributed by atoms with E-state index in [2.05, 4.69) is 26.8 Å². The Morgan fingerprint density at radius 1 is 1.43 bits per heavy atom. The van der Waals surface area contributed by atoms with Crippen molar-refractivity contribution in [1.82, 2.24) is 25.2 Å². The number of piperazine rings is 1. The van der Waals surface area contributed by atoms with Gasteiger partial charge in [-0.15, -0.1) is 0 Å². The standard InChI is InChI=1S/C21H30N6O3/c1-6-14(12-30-5)24-20(29)15-10-22-19-18(15)25-16(11-23-19)26-8-9-27(17(28)7-2)21(3,4)13-26/h7,10-11,14H,2,6,8-9,12-13H2,1,3-5H3,(H,22,23)(H,24,29)/t14-/m0/s1. The molecule has 1 aliphatic rings. The molecule has 3 rings (SSSR count). The number of carbonyl (C=O) groups is 2. The number of nitrogens with zero attached hydrogens (tertiary/aromatic N) is 4.